The van der Waals surface area contributed by atoms with Crippen LogP contribution in [0.4, 0.5) is 0 Å². The Bertz CT molecular complexity index is 485. The number of carbonyl (C=O) groups is 1. The van der Waals surface area contributed by atoms with Gasteiger partial charge >= 0.3 is 0 Å². The first-order chi connectivity index (χ1) is 10.7. The molecule has 4 nitrogen and oxygen atoms in total. The van der Waals surface area contributed by atoms with Gasteiger partial charge in [0.1, 0.15) is 0 Å². The van der Waals surface area contributed by atoms with Crippen molar-refractivity contribution in [1.82, 2.24) is 15.5 Å². The Labute approximate surface area is 134 Å². The molecule has 2 atom stereocenters. The summed E-state index contributed by atoms with van der Waals surface area (Å²) >= 11 is 0. The predicted molar refractivity (Wildman–Crippen MR) is 90.4 cm³/mol. The third kappa shape index (κ3) is 4.31. The summed E-state index contributed by atoms with van der Waals surface area (Å²) in [5.74, 6) is 0.705. The number of carbonyl (C=O) groups excluding carboxylic acids is 1. The molecule has 1 heterocycles. The van der Waals surface area contributed by atoms with Gasteiger partial charge in [0.05, 0.1) is 5.92 Å². The lowest BCUT2D eigenvalue weighted by atomic mass is 9.97. The van der Waals surface area contributed by atoms with Crippen LogP contribution in [0.3, 0.4) is 0 Å². The van der Waals surface area contributed by atoms with Crippen LogP contribution in [0.1, 0.15) is 31.9 Å². The van der Waals surface area contributed by atoms with E-state index in [-0.39, 0.29) is 11.8 Å². The molecule has 0 unspecified atom stereocenters. The second-order valence-electron chi connectivity index (χ2n) is 6.19. The van der Waals surface area contributed by atoms with Crippen LogP contribution in [0.5, 0.6) is 0 Å². The zero-order valence-electron chi connectivity index (χ0n) is 14.1. The lowest BCUT2D eigenvalue weighted by Crippen LogP contribution is -2.34. The maximum Gasteiger partial charge on any atom is 0.224 e. The highest BCUT2D eigenvalue weighted by atomic mass is 16.1. The Morgan fingerprint density at radius 2 is 1.91 bits per heavy atom. The summed E-state index contributed by atoms with van der Waals surface area (Å²) in [7, 11) is 0. The zero-order chi connectivity index (χ0) is 15.9. The van der Waals surface area contributed by atoms with Gasteiger partial charge in [-0.1, -0.05) is 45.0 Å². The van der Waals surface area contributed by atoms with Gasteiger partial charge in [0.15, 0.2) is 0 Å². The highest BCUT2D eigenvalue weighted by Crippen LogP contribution is 2.17. The molecule has 0 aromatic heterocycles. The molecular formula is C18H29N3O. The number of hydrogen-bond donors (Lipinski definition) is 2. The van der Waals surface area contributed by atoms with E-state index < -0.39 is 0 Å². The Kier molecular flexibility index (Phi) is 6.40. The van der Waals surface area contributed by atoms with E-state index in [1.54, 1.807) is 0 Å². The molecule has 1 aliphatic heterocycles. The molecule has 0 spiro atoms. The summed E-state index contributed by atoms with van der Waals surface area (Å²) in [6.45, 7) is 11.9. The molecule has 1 aliphatic rings. The summed E-state index contributed by atoms with van der Waals surface area (Å²) in [4.78, 5) is 14.7. The van der Waals surface area contributed by atoms with Crippen molar-refractivity contribution in [1.29, 1.82) is 0 Å². The lowest BCUT2D eigenvalue weighted by molar-refractivity contribution is -0.125. The predicted octanol–water partition coefficient (Wildman–Crippen LogP) is 2.00. The van der Waals surface area contributed by atoms with Crippen molar-refractivity contribution in [2.45, 2.75) is 33.9 Å². The fourth-order valence-corrected chi connectivity index (χ4v) is 3.05. The summed E-state index contributed by atoms with van der Waals surface area (Å²) in [6, 6.07) is 8.41. The van der Waals surface area contributed by atoms with Crippen molar-refractivity contribution in [3.05, 3.63) is 35.4 Å². The van der Waals surface area contributed by atoms with E-state index in [1.165, 1.54) is 11.1 Å². The van der Waals surface area contributed by atoms with Crippen LogP contribution >= 0.6 is 0 Å². The van der Waals surface area contributed by atoms with Gasteiger partial charge in [0, 0.05) is 19.6 Å². The van der Waals surface area contributed by atoms with E-state index in [0.717, 1.165) is 32.7 Å². The van der Waals surface area contributed by atoms with Crippen LogP contribution < -0.4 is 10.6 Å². The smallest absolute Gasteiger partial charge is 0.224 e. The second-order valence-corrected chi connectivity index (χ2v) is 6.19. The van der Waals surface area contributed by atoms with Gasteiger partial charge in [-0.2, -0.15) is 0 Å². The maximum atomic E-state index is 12.3. The number of hydrogen-bond acceptors (Lipinski definition) is 3. The van der Waals surface area contributed by atoms with Crippen molar-refractivity contribution in [2.24, 2.45) is 11.8 Å². The van der Waals surface area contributed by atoms with Crippen LogP contribution in [0.15, 0.2) is 24.3 Å². The number of rotatable bonds is 7. The summed E-state index contributed by atoms with van der Waals surface area (Å²) < 4.78 is 0. The second kappa shape index (κ2) is 8.30. The molecule has 1 amide bonds. The molecule has 1 aromatic carbocycles. The number of nitrogens with zero attached hydrogens (tertiary/aromatic N) is 1. The van der Waals surface area contributed by atoms with Crippen LogP contribution in [0.25, 0.3) is 0 Å². The molecule has 1 saturated heterocycles. The van der Waals surface area contributed by atoms with Crippen LogP contribution in [0.2, 0.25) is 0 Å². The molecule has 22 heavy (non-hydrogen) atoms. The SMILES string of the molecule is CCN(CC)Cc1ccccc1CNC(=O)[C@@H]1CNC[C@H]1C. The van der Waals surface area contributed by atoms with Crippen molar-refractivity contribution in [3.8, 4) is 0 Å². The van der Waals surface area contributed by atoms with Crippen LogP contribution in [0, 0.1) is 11.8 Å². The highest BCUT2D eigenvalue weighted by molar-refractivity contribution is 5.79. The third-order valence-electron chi connectivity index (χ3n) is 4.71. The lowest BCUT2D eigenvalue weighted by Gasteiger charge is -2.21. The molecule has 1 fully saturated rings. The van der Waals surface area contributed by atoms with Gasteiger partial charge < -0.3 is 10.6 Å². The molecule has 4 heteroatoms. The summed E-state index contributed by atoms with van der Waals surface area (Å²) in [6.07, 6.45) is 0. The Balaban J connectivity index is 1.96. The van der Waals surface area contributed by atoms with Crippen molar-refractivity contribution < 1.29 is 4.79 Å². The Morgan fingerprint density at radius 3 is 2.50 bits per heavy atom. The molecular weight excluding hydrogens is 274 g/mol. The minimum atomic E-state index is 0.106. The highest BCUT2D eigenvalue weighted by Gasteiger charge is 2.29. The monoisotopic (exact) mass is 303 g/mol. The van der Waals surface area contributed by atoms with Crippen LogP contribution in [-0.2, 0) is 17.9 Å². The molecule has 0 saturated carbocycles. The average molecular weight is 303 g/mol. The van der Waals surface area contributed by atoms with Gasteiger partial charge in [-0.3, -0.25) is 9.69 Å². The van der Waals surface area contributed by atoms with E-state index in [0.29, 0.717) is 12.5 Å². The van der Waals surface area contributed by atoms with Crippen LogP contribution in [-0.4, -0.2) is 37.0 Å². The molecule has 0 aliphatic carbocycles. The molecule has 2 rings (SSSR count). The molecule has 2 N–H and O–H groups in total. The molecule has 0 radical (unpaired) electrons. The van der Waals surface area contributed by atoms with E-state index in [2.05, 4.69) is 54.5 Å². The fraction of sp³-hybridized carbons (Fsp3) is 0.611. The first-order valence-corrected chi connectivity index (χ1v) is 8.43. The molecule has 1 aromatic rings. The number of nitrogens with one attached hydrogen (secondary N) is 2. The van der Waals surface area contributed by atoms with E-state index in [1.807, 2.05) is 6.07 Å². The van der Waals surface area contributed by atoms with Crippen molar-refractivity contribution in [2.75, 3.05) is 26.2 Å². The largest absolute Gasteiger partial charge is 0.352 e. The average Bonchev–Trinajstić information content (AvgIpc) is 2.97. The van der Waals surface area contributed by atoms with Crippen molar-refractivity contribution >= 4 is 5.91 Å². The Morgan fingerprint density at radius 1 is 1.23 bits per heavy atom. The molecule has 0 bridgehead atoms. The van der Waals surface area contributed by atoms with Gasteiger partial charge in [0.25, 0.3) is 0 Å². The van der Waals surface area contributed by atoms with E-state index in [9.17, 15) is 4.79 Å². The number of amides is 1. The maximum absolute atomic E-state index is 12.3. The molecule has 122 valence electrons. The van der Waals surface area contributed by atoms with Gasteiger partial charge in [-0.05, 0) is 36.7 Å². The van der Waals surface area contributed by atoms with Gasteiger partial charge in [-0.15, -0.1) is 0 Å². The fourth-order valence-electron chi connectivity index (χ4n) is 3.05. The third-order valence-corrected chi connectivity index (χ3v) is 4.71. The topological polar surface area (TPSA) is 44.4 Å². The quantitative estimate of drug-likeness (QED) is 0.810. The normalized spacial score (nSPS) is 21.3. The van der Waals surface area contributed by atoms with Gasteiger partial charge in [-0.25, -0.2) is 0 Å². The van der Waals surface area contributed by atoms with E-state index >= 15 is 0 Å². The van der Waals surface area contributed by atoms with Crippen molar-refractivity contribution in [3.63, 3.8) is 0 Å². The minimum Gasteiger partial charge on any atom is -0.352 e. The van der Waals surface area contributed by atoms with E-state index in [4.69, 9.17) is 0 Å². The minimum absolute atomic E-state index is 0.106. The summed E-state index contributed by atoms with van der Waals surface area (Å²) in [5.41, 5.74) is 2.53. The van der Waals surface area contributed by atoms with Gasteiger partial charge in [0.2, 0.25) is 5.91 Å². The zero-order valence-corrected chi connectivity index (χ0v) is 14.1. The first kappa shape index (κ1) is 17.0. The number of benzene rings is 1. The Hall–Kier alpha value is -1.39. The summed E-state index contributed by atoms with van der Waals surface area (Å²) in [5, 5.41) is 6.41. The first-order valence-electron chi connectivity index (χ1n) is 8.43. The standard InChI is InChI=1S/C18H29N3O/c1-4-21(5-2)13-16-9-7-6-8-15(16)11-20-18(22)17-12-19-10-14(17)3/h6-9,14,17,19H,4-5,10-13H2,1-3H3,(H,20,22)/t14-,17-/m1/s1.